The van der Waals surface area contributed by atoms with Crippen LogP contribution >= 0.6 is 0 Å². The molecule has 1 aromatic heterocycles. The number of hydrogen-bond acceptors (Lipinski definition) is 5. The number of amides is 3. The first-order valence-corrected chi connectivity index (χ1v) is 14.1. The van der Waals surface area contributed by atoms with Gasteiger partial charge >= 0.3 is 6.09 Å². The van der Waals surface area contributed by atoms with Crippen LogP contribution in [0.15, 0.2) is 60.8 Å². The molecule has 5 rings (SSSR count). The molecule has 0 aliphatic carbocycles. The monoisotopic (exact) mass is 545 g/mol. The molecule has 2 fully saturated rings. The molecule has 2 aromatic carbocycles. The van der Waals surface area contributed by atoms with E-state index in [-0.39, 0.29) is 23.9 Å². The summed E-state index contributed by atoms with van der Waals surface area (Å²) >= 11 is 0. The van der Waals surface area contributed by atoms with Crippen LogP contribution in [0.5, 0.6) is 0 Å². The normalized spacial score (nSPS) is 20.6. The van der Waals surface area contributed by atoms with Crippen molar-refractivity contribution in [2.45, 2.75) is 76.7 Å². The first-order chi connectivity index (χ1) is 19.2. The SMILES string of the molecule is CC(C)(C)OC(=O)NC(Cc1c[nH]c2ccccc12)C(=O)N[C@H]1CCCN2CN(Cc3ccccc3)C(=O)C[C@H]12. The molecule has 0 saturated carbocycles. The number of piperidine rings is 1. The lowest BCUT2D eigenvalue weighted by molar-refractivity contribution is -0.145. The number of rotatable bonds is 7. The molecule has 3 amide bonds. The summed E-state index contributed by atoms with van der Waals surface area (Å²) in [5.41, 5.74) is 2.31. The van der Waals surface area contributed by atoms with Crippen LogP contribution in [0, 0.1) is 0 Å². The molecule has 0 bridgehead atoms. The average molecular weight is 546 g/mol. The van der Waals surface area contributed by atoms with Crippen LogP contribution in [0.1, 0.15) is 51.2 Å². The Hall–Kier alpha value is -3.85. The zero-order valence-corrected chi connectivity index (χ0v) is 23.5. The maximum absolute atomic E-state index is 13.7. The zero-order valence-electron chi connectivity index (χ0n) is 23.5. The van der Waals surface area contributed by atoms with E-state index in [2.05, 4.69) is 20.5 Å². The number of nitrogens with zero attached hydrogens (tertiary/aromatic N) is 2. The van der Waals surface area contributed by atoms with E-state index < -0.39 is 17.7 Å². The first-order valence-electron chi connectivity index (χ1n) is 14.1. The number of ether oxygens (including phenoxy) is 1. The highest BCUT2D eigenvalue weighted by molar-refractivity contribution is 5.88. The Labute approximate surface area is 235 Å². The summed E-state index contributed by atoms with van der Waals surface area (Å²) in [6.45, 7) is 7.37. The first kappa shape index (κ1) is 27.7. The fourth-order valence-electron chi connectivity index (χ4n) is 5.75. The number of benzene rings is 2. The van der Waals surface area contributed by atoms with Crippen molar-refractivity contribution in [3.05, 3.63) is 71.9 Å². The molecule has 2 aliphatic heterocycles. The predicted molar refractivity (Wildman–Crippen MR) is 153 cm³/mol. The third kappa shape index (κ3) is 6.65. The fourth-order valence-corrected chi connectivity index (χ4v) is 5.75. The molecule has 3 atom stereocenters. The van der Waals surface area contributed by atoms with Crippen LogP contribution in [0.3, 0.4) is 0 Å². The van der Waals surface area contributed by atoms with Crippen LogP contribution in [0.25, 0.3) is 10.9 Å². The molecule has 3 N–H and O–H groups in total. The van der Waals surface area contributed by atoms with Crippen LogP contribution in [0.4, 0.5) is 4.79 Å². The summed E-state index contributed by atoms with van der Waals surface area (Å²) in [6, 6.07) is 16.8. The largest absolute Gasteiger partial charge is 0.444 e. The highest BCUT2D eigenvalue weighted by atomic mass is 16.6. The van der Waals surface area contributed by atoms with E-state index in [1.54, 1.807) is 20.8 Å². The van der Waals surface area contributed by atoms with Crippen molar-refractivity contribution in [1.82, 2.24) is 25.4 Å². The third-order valence-electron chi connectivity index (χ3n) is 7.63. The van der Waals surface area contributed by atoms with Crippen molar-refractivity contribution in [1.29, 1.82) is 0 Å². The predicted octanol–water partition coefficient (Wildman–Crippen LogP) is 3.94. The van der Waals surface area contributed by atoms with E-state index in [0.717, 1.165) is 41.4 Å². The number of fused-ring (bicyclic) bond motifs is 2. The summed E-state index contributed by atoms with van der Waals surface area (Å²) in [5, 5.41) is 7.01. The van der Waals surface area contributed by atoms with E-state index in [1.165, 1.54) is 0 Å². The molecule has 40 heavy (non-hydrogen) atoms. The van der Waals surface area contributed by atoms with Gasteiger partial charge in [0.2, 0.25) is 11.8 Å². The van der Waals surface area contributed by atoms with E-state index in [1.807, 2.05) is 65.7 Å². The number of alkyl carbamates (subject to hydrolysis) is 1. The number of aromatic nitrogens is 1. The molecule has 9 heteroatoms. The minimum atomic E-state index is -0.835. The Morgan fingerprint density at radius 2 is 1.85 bits per heavy atom. The van der Waals surface area contributed by atoms with Crippen molar-refractivity contribution in [2.24, 2.45) is 0 Å². The maximum atomic E-state index is 13.7. The van der Waals surface area contributed by atoms with Gasteiger partial charge in [0.15, 0.2) is 0 Å². The molecule has 2 saturated heterocycles. The van der Waals surface area contributed by atoms with Gasteiger partial charge in [-0.05, 0) is 50.8 Å². The Kier molecular flexibility index (Phi) is 8.12. The second kappa shape index (κ2) is 11.7. The van der Waals surface area contributed by atoms with Gasteiger partial charge in [-0.1, -0.05) is 48.5 Å². The Morgan fingerprint density at radius 3 is 2.62 bits per heavy atom. The van der Waals surface area contributed by atoms with Crippen LogP contribution in [0.2, 0.25) is 0 Å². The number of para-hydroxylation sites is 1. The van der Waals surface area contributed by atoms with Gasteiger partial charge in [-0.3, -0.25) is 14.5 Å². The van der Waals surface area contributed by atoms with Crippen LogP contribution in [-0.2, 0) is 27.3 Å². The summed E-state index contributed by atoms with van der Waals surface area (Å²) in [6.07, 6.45) is 3.60. The number of nitrogens with one attached hydrogen (secondary N) is 3. The Morgan fingerprint density at radius 1 is 1.10 bits per heavy atom. The Balaban J connectivity index is 1.29. The molecule has 1 unspecified atom stereocenters. The van der Waals surface area contributed by atoms with E-state index in [9.17, 15) is 14.4 Å². The van der Waals surface area contributed by atoms with Gasteiger partial charge in [0.05, 0.1) is 6.67 Å². The van der Waals surface area contributed by atoms with Gasteiger partial charge in [0.1, 0.15) is 11.6 Å². The van der Waals surface area contributed by atoms with E-state index in [0.29, 0.717) is 26.1 Å². The van der Waals surface area contributed by atoms with Gasteiger partial charge in [-0.25, -0.2) is 4.79 Å². The zero-order chi connectivity index (χ0) is 28.3. The van der Waals surface area contributed by atoms with Gasteiger partial charge in [-0.15, -0.1) is 0 Å². The highest BCUT2D eigenvalue weighted by Crippen LogP contribution is 2.27. The molecule has 3 heterocycles. The van der Waals surface area contributed by atoms with Crippen molar-refractivity contribution in [2.75, 3.05) is 13.2 Å². The summed E-state index contributed by atoms with van der Waals surface area (Å²) < 4.78 is 5.48. The number of carbonyl (C=O) groups excluding carboxylic acids is 3. The standard InChI is InChI=1S/C31H39N5O4/c1-31(2,3)40-30(39)34-26(16-22-18-32-24-13-8-7-12-23(22)24)29(38)33-25-14-9-15-35-20-36(28(37)17-27(25)35)19-21-10-5-4-6-11-21/h4-8,10-13,18,25-27,32H,9,14-17,19-20H2,1-3H3,(H,33,38)(H,34,39)/t25-,26?,27+/m0/s1. The number of H-pyrrole nitrogens is 1. The topological polar surface area (TPSA) is 107 Å². The van der Waals surface area contributed by atoms with Crippen molar-refractivity contribution in [3.63, 3.8) is 0 Å². The molecule has 0 spiro atoms. The fraction of sp³-hybridized carbons (Fsp3) is 0.452. The lowest BCUT2D eigenvalue weighted by Gasteiger charge is -2.47. The molecule has 0 radical (unpaired) electrons. The minimum absolute atomic E-state index is 0.0764. The van der Waals surface area contributed by atoms with Crippen molar-refractivity contribution < 1.29 is 19.1 Å². The van der Waals surface area contributed by atoms with Gasteiger partial charge in [0.25, 0.3) is 0 Å². The highest BCUT2D eigenvalue weighted by Gasteiger charge is 2.40. The van der Waals surface area contributed by atoms with Gasteiger partial charge in [0, 0.05) is 55.1 Å². The quantitative estimate of drug-likeness (QED) is 0.417. The lowest BCUT2D eigenvalue weighted by atomic mass is 9.91. The second-order valence-corrected chi connectivity index (χ2v) is 11.8. The molecule has 9 nitrogen and oxygen atoms in total. The Bertz CT molecular complexity index is 1350. The summed E-state index contributed by atoms with van der Waals surface area (Å²) in [7, 11) is 0. The number of aromatic amines is 1. The average Bonchev–Trinajstić information content (AvgIpc) is 3.31. The third-order valence-corrected chi connectivity index (χ3v) is 7.63. The lowest BCUT2D eigenvalue weighted by Crippen LogP contribution is -2.64. The number of carbonyl (C=O) groups is 3. The van der Waals surface area contributed by atoms with Gasteiger partial charge < -0.3 is 25.3 Å². The summed E-state index contributed by atoms with van der Waals surface area (Å²) in [5.74, 6) is -0.185. The molecule has 3 aromatic rings. The van der Waals surface area contributed by atoms with Crippen molar-refractivity contribution in [3.8, 4) is 0 Å². The smallest absolute Gasteiger partial charge is 0.408 e. The number of hydrogen-bond donors (Lipinski definition) is 3. The van der Waals surface area contributed by atoms with Gasteiger partial charge in [-0.2, -0.15) is 0 Å². The van der Waals surface area contributed by atoms with E-state index >= 15 is 0 Å². The van der Waals surface area contributed by atoms with Crippen LogP contribution < -0.4 is 10.6 Å². The summed E-state index contributed by atoms with van der Waals surface area (Å²) in [4.78, 5) is 47.0. The maximum Gasteiger partial charge on any atom is 0.408 e. The van der Waals surface area contributed by atoms with Crippen molar-refractivity contribution >= 4 is 28.8 Å². The van der Waals surface area contributed by atoms with Crippen LogP contribution in [-0.4, -0.2) is 69.6 Å². The second-order valence-electron chi connectivity index (χ2n) is 11.8. The molecular weight excluding hydrogens is 506 g/mol. The minimum Gasteiger partial charge on any atom is -0.444 e. The van der Waals surface area contributed by atoms with E-state index in [4.69, 9.17) is 4.74 Å². The molecular formula is C31H39N5O4. The molecule has 2 aliphatic rings. The molecule has 212 valence electrons.